The fourth-order valence-corrected chi connectivity index (χ4v) is 5.23. The molecule has 0 atom stereocenters. The highest BCUT2D eigenvalue weighted by Crippen LogP contribution is 2.44. The largest absolute Gasteiger partial charge is 0.486 e. The van der Waals surface area contributed by atoms with Gasteiger partial charge in [0.1, 0.15) is 33.5 Å². The van der Waals surface area contributed by atoms with Crippen molar-refractivity contribution < 1.29 is 41.4 Å². The molecule has 0 fully saturated rings. The predicted octanol–water partition coefficient (Wildman–Crippen LogP) is 5.33. The number of nitrogens with one attached hydrogen (secondary N) is 1. The summed E-state index contributed by atoms with van der Waals surface area (Å²) in [6, 6.07) is 9.90. The van der Waals surface area contributed by atoms with Crippen molar-refractivity contribution in [3.05, 3.63) is 82.0 Å². The van der Waals surface area contributed by atoms with Crippen LogP contribution in [0.4, 0.5) is 18.9 Å². The molecule has 0 bridgehead atoms. The summed E-state index contributed by atoms with van der Waals surface area (Å²) in [5.41, 5.74) is 5.58. The van der Waals surface area contributed by atoms with Gasteiger partial charge in [-0.1, -0.05) is 0 Å². The van der Waals surface area contributed by atoms with Crippen LogP contribution in [0.25, 0.3) is 21.3 Å². The SMILES string of the molecule is COC(=O)c1ccc(OCc2ccc(C(=O)Nc3c(C(N)=O)sc4nc(C(F)(F)F)cc(-c5cnn(C)c5C)c34)o2)cc1. The molecule has 3 N–H and O–H groups in total. The van der Waals surface area contributed by atoms with E-state index in [2.05, 4.69) is 20.1 Å². The number of furan rings is 1. The summed E-state index contributed by atoms with van der Waals surface area (Å²) in [5.74, 6) is -1.71. The number of alkyl halides is 3. The van der Waals surface area contributed by atoms with Crippen LogP contribution in [-0.2, 0) is 24.6 Å². The lowest BCUT2D eigenvalue weighted by atomic mass is 10.0. The number of nitrogens with zero attached hydrogens (tertiary/aromatic N) is 3. The van der Waals surface area contributed by atoms with Crippen LogP contribution < -0.4 is 15.8 Å². The highest BCUT2D eigenvalue weighted by Gasteiger charge is 2.35. The Hall–Kier alpha value is -5.18. The first-order valence-electron chi connectivity index (χ1n) is 12.4. The van der Waals surface area contributed by atoms with E-state index in [1.54, 1.807) is 26.1 Å². The van der Waals surface area contributed by atoms with Crippen LogP contribution >= 0.6 is 11.3 Å². The molecule has 11 nitrogen and oxygen atoms in total. The van der Waals surface area contributed by atoms with Gasteiger partial charge in [0, 0.05) is 23.7 Å². The highest BCUT2D eigenvalue weighted by atomic mass is 32.1. The van der Waals surface area contributed by atoms with Crippen LogP contribution in [0.5, 0.6) is 5.75 Å². The van der Waals surface area contributed by atoms with Crippen molar-refractivity contribution in [3.8, 4) is 16.9 Å². The van der Waals surface area contributed by atoms with Crippen LogP contribution in [0.15, 0.2) is 53.1 Å². The number of aromatic nitrogens is 3. The molecule has 2 amide bonds. The molecular weight excluding hydrogens is 591 g/mol. The summed E-state index contributed by atoms with van der Waals surface area (Å²) in [4.78, 5) is 40.6. The number of aryl methyl sites for hydroxylation is 1. The number of esters is 1. The van der Waals surface area contributed by atoms with Gasteiger partial charge in [0.25, 0.3) is 11.8 Å². The number of primary amides is 1. The fraction of sp³-hybridized carbons (Fsp3) is 0.179. The summed E-state index contributed by atoms with van der Waals surface area (Å²) < 4.78 is 58.7. The van der Waals surface area contributed by atoms with Crippen molar-refractivity contribution in [3.63, 3.8) is 0 Å². The Balaban J connectivity index is 1.46. The van der Waals surface area contributed by atoms with Crippen LogP contribution in [-0.4, -0.2) is 39.7 Å². The molecule has 1 aromatic carbocycles. The molecule has 0 aliphatic carbocycles. The number of hydrogen-bond acceptors (Lipinski definition) is 9. The number of carbonyl (C=O) groups is 3. The van der Waals surface area contributed by atoms with E-state index in [0.29, 0.717) is 33.9 Å². The first-order chi connectivity index (χ1) is 20.4. The summed E-state index contributed by atoms with van der Waals surface area (Å²) in [5, 5.41) is 6.80. The van der Waals surface area contributed by atoms with Gasteiger partial charge in [-0.15, -0.1) is 11.3 Å². The molecule has 0 saturated heterocycles. The van der Waals surface area contributed by atoms with Crippen LogP contribution in [0.1, 0.15) is 47.7 Å². The van der Waals surface area contributed by atoms with Crippen molar-refractivity contribution in [2.75, 3.05) is 12.4 Å². The fourth-order valence-electron chi connectivity index (χ4n) is 4.22. The normalized spacial score (nSPS) is 11.5. The van der Waals surface area contributed by atoms with Crippen molar-refractivity contribution >= 4 is 45.0 Å². The monoisotopic (exact) mass is 613 g/mol. The average Bonchev–Trinajstić information content (AvgIpc) is 3.68. The number of halogens is 3. The standard InChI is InChI=1S/C28H22F3N5O6S/c1-13-18(11-33-36(13)2)17-10-20(28(29,30)31)34-26-21(17)22(23(43-26)24(32)37)35-25(38)19-9-8-16(42-19)12-41-15-6-4-14(5-7-15)27(39)40-3/h4-11H,12H2,1-3H3,(H2,32,37)(H,35,38). The number of benzene rings is 1. The molecule has 5 rings (SSSR count). The molecule has 15 heteroatoms. The Morgan fingerprint density at radius 2 is 1.84 bits per heavy atom. The van der Waals surface area contributed by atoms with Gasteiger partial charge in [-0.3, -0.25) is 14.3 Å². The lowest BCUT2D eigenvalue weighted by Crippen LogP contribution is -2.16. The highest BCUT2D eigenvalue weighted by molar-refractivity contribution is 7.21. The summed E-state index contributed by atoms with van der Waals surface area (Å²) in [6.07, 6.45) is -3.39. The minimum absolute atomic E-state index is 0.0622. The van der Waals surface area contributed by atoms with Gasteiger partial charge >= 0.3 is 12.1 Å². The maximum absolute atomic E-state index is 13.8. The van der Waals surface area contributed by atoms with E-state index in [0.717, 1.165) is 6.07 Å². The number of rotatable bonds is 8. The van der Waals surface area contributed by atoms with Gasteiger partial charge < -0.3 is 24.9 Å². The lowest BCUT2D eigenvalue weighted by molar-refractivity contribution is -0.140. The van der Waals surface area contributed by atoms with Crippen LogP contribution in [0.3, 0.4) is 0 Å². The number of thiophene rings is 1. The number of ether oxygens (including phenoxy) is 2. The van der Waals surface area contributed by atoms with Crippen molar-refractivity contribution in [1.29, 1.82) is 0 Å². The minimum atomic E-state index is -4.78. The van der Waals surface area contributed by atoms with E-state index in [9.17, 15) is 27.6 Å². The van der Waals surface area contributed by atoms with Crippen molar-refractivity contribution in [2.45, 2.75) is 19.7 Å². The summed E-state index contributed by atoms with van der Waals surface area (Å²) >= 11 is 0.629. The van der Waals surface area contributed by atoms with Gasteiger partial charge in [-0.2, -0.15) is 18.3 Å². The number of amides is 2. The van der Waals surface area contributed by atoms with E-state index >= 15 is 0 Å². The van der Waals surface area contributed by atoms with E-state index < -0.39 is 29.7 Å². The van der Waals surface area contributed by atoms with Gasteiger partial charge in [-0.25, -0.2) is 9.78 Å². The first-order valence-corrected chi connectivity index (χ1v) is 13.2. The second kappa shape index (κ2) is 11.2. The summed E-state index contributed by atoms with van der Waals surface area (Å²) in [6.45, 7) is 1.61. The number of fused-ring (bicyclic) bond motifs is 1. The molecule has 5 aromatic rings. The van der Waals surface area contributed by atoms with Gasteiger partial charge in [0.05, 0.1) is 24.6 Å². The van der Waals surface area contributed by atoms with E-state index in [-0.39, 0.29) is 44.5 Å². The van der Waals surface area contributed by atoms with Crippen LogP contribution in [0.2, 0.25) is 0 Å². The summed E-state index contributed by atoms with van der Waals surface area (Å²) in [7, 11) is 2.90. The number of nitrogens with two attached hydrogens (primary N) is 1. The smallest absolute Gasteiger partial charge is 0.433 e. The predicted molar refractivity (Wildman–Crippen MR) is 149 cm³/mol. The van der Waals surface area contributed by atoms with Crippen molar-refractivity contribution in [1.82, 2.24) is 14.8 Å². The van der Waals surface area contributed by atoms with Crippen molar-refractivity contribution in [2.24, 2.45) is 12.8 Å². The molecule has 0 aliphatic rings. The third-order valence-electron chi connectivity index (χ3n) is 6.48. The Morgan fingerprint density at radius 1 is 1.12 bits per heavy atom. The molecule has 4 aromatic heterocycles. The number of hydrogen-bond donors (Lipinski definition) is 2. The maximum Gasteiger partial charge on any atom is 0.433 e. The molecule has 4 heterocycles. The van der Waals surface area contributed by atoms with E-state index in [1.165, 1.54) is 42.3 Å². The average molecular weight is 614 g/mol. The maximum atomic E-state index is 13.8. The Kier molecular flexibility index (Phi) is 7.67. The van der Waals surface area contributed by atoms with E-state index in [4.69, 9.17) is 14.9 Å². The molecule has 0 radical (unpaired) electrons. The lowest BCUT2D eigenvalue weighted by Gasteiger charge is -2.12. The third-order valence-corrected chi connectivity index (χ3v) is 7.58. The van der Waals surface area contributed by atoms with Gasteiger partial charge in [0.2, 0.25) is 0 Å². The number of anilines is 1. The quantitative estimate of drug-likeness (QED) is 0.223. The second-order valence-electron chi connectivity index (χ2n) is 9.20. The van der Waals surface area contributed by atoms with Crippen LogP contribution in [0, 0.1) is 6.92 Å². The zero-order valence-corrected chi connectivity index (χ0v) is 23.6. The zero-order chi connectivity index (χ0) is 31.1. The Bertz CT molecular complexity index is 1870. The van der Waals surface area contributed by atoms with E-state index in [1.807, 2.05) is 0 Å². The molecule has 0 spiro atoms. The molecule has 0 saturated carbocycles. The van der Waals surface area contributed by atoms with Gasteiger partial charge in [-0.05, 0) is 55.0 Å². The topological polar surface area (TPSA) is 152 Å². The minimum Gasteiger partial charge on any atom is -0.486 e. The molecule has 222 valence electrons. The van der Waals surface area contributed by atoms with Gasteiger partial charge in [0.15, 0.2) is 5.76 Å². The zero-order valence-electron chi connectivity index (χ0n) is 22.7. The Morgan fingerprint density at radius 3 is 2.44 bits per heavy atom. The molecule has 0 aliphatic heterocycles. The molecule has 0 unspecified atom stereocenters. The second-order valence-corrected chi connectivity index (χ2v) is 10.2. The number of pyridine rings is 1. The Labute approximate surface area is 245 Å². The number of carbonyl (C=O) groups excluding carboxylic acids is 3. The first kappa shape index (κ1) is 29.3. The molecule has 43 heavy (non-hydrogen) atoms. The molecular formula is C28H22F3N5O6S. The number of methoxy groups -OCH3 is 1. The third kappa shape index (κ3) is 5.79.